The summed E-state index contributed by atoms with van der Waals surface area (Å²) >= 11 is 3.47. The average molecular weight is 379 g/mol. The fourth-order valence-corrected chi connectivity index (χ4v) is 3.91. The Kier molecular flexibility index (Phi) is 4.03. The monoisotopic (exact) mass is 378 g/mol. The predicted molar refractivity (Wildman–Crippen MR) is 94.6 cm³/mol. The van der Waals surface area contributed by atoms with Gasteiger partial charge in [-0.25, -0.2) is 5.43 Å². The van der Waals surface area contributed by atoms with Crippen molar-refractivity contribution < 1.29 is 9.90 Å². The highest BCUT2D eigenvalue weighted by atomic mass is 79.9. The van der Waals surface area contributed by atoms with Crippen molar-refractivity contribution in [1.29, 1.82) is 0 Å². The van der Waals surface area contributed by atoms with Crippen LogP contribution in [-0.4, -0.2) is 17.2 Å². The summed E-state index contributed by atoms with van der Waals surface area (Å²) in [6.45, 7) is 6.13. The fourth-order valence-electron chi connectivity index (χ4n) is 3.44. The van der Waals surface area contributed by atoms with Gasteiger partial charge in [0.05, 0.1) is 6.21 Å². The predicted octanol–water partition coefficient (Wildman–Crippen LogP) is 4.09. The molecule has 0 aromatic heterocycles. The van der Waals surface area contributed by atoms with E-state index in [-0.39, 0.29) is 23.0 Å². The van der Waals surface area contributed by atoms with E-state index in [4.69, 9.17) is 0 Å². The lowest BCUT2D eigenvalue weighted by Crippen LogP contribution is -2.26. The van der Waals surface area contributed by atoms with Gasteiger partial charge in [-0.05, 0) is 42.2 Å². The van der Waals surface area contributed by atoms with E-state index < -0.39 is 0 Å². The molecular formula is C18H23BrN2O2. The summed E-state index contributed by atoms with van der Waals surface area (Å²) < 4.78 is 0.878. The summed E-state index contributed by atoms with van der Waals surface area (Å²) in [4.78, 5) is 12.1. The maximum Gasteiger partial charge on any atom is 0.243 e. The molecule has 0 heterocycles. The van der Waals surface area contributed by atoms with E-state index in [1.807, 2.05) is 26.8 Å². The molecule has 0 bridgehead atoms. The maximum atomic E-state index is 12.1. The molecule has 0 aliphatic heterocycles. The Morgan fingerprint density at radius 2 is 2.13 bits per heavy atom. The minimum atomic E-state index is -0.176. The minimum Gasteiger partial charge on any atom is -0.507 e. The molecule has 1 atom stereocenters. The Bertz CT molecular complexity index is 672. The Morgan fingerprint density at radius 3 is 2.65 bits per heavy atom. The van der Waals surface area contributed by atoms with Gasteiger partial charge in [-0.3, -0.25) is 4.79 Å². The summed E-state index contributed by atoms with van der Waals surface area (Å²) in [6.07, 6.45) is 6.12. The van der Waals surface area contributed by atoms with Gasteiger partial charge >= 0.3 is 0 Å². The first-order valence-corrected chi connectivity index (χ1v) is 8.88. The first-order chi connectivity index (χ1) is 10.7. The van der Waals surface area contributed by atoms with Crippen molar-refractivity contribution in [1.82, 2.24) is 5.43 Å². The number of halogens is 1. The van der Waals surface area contributed by atoms with Crippen LogP contribution in [-0.2, 0) is 10.2 Å². The summed E-state index contributed by atoms with van der Waals surface area (Å²) in [7, 11) is 0. The number of hydrazone groups is 1. The molecular weight excluding hydrogens is 356 g/mol. The average Bonchev–Trinajstić information content (AvgIpc) is 3.16. The maximum absolute atomic E-state index is 12.1. The number of nitrogens with one attached hydrogen (secondary N) is 1. The Hall–Kier alpha value is -1.36. The van der Waals surface area contributed by atoms with Gasteiger partial charge in [0.2, 0.25) is 5.91 Å². The molecule has 1 unspecified atom stereocenters. The van der Waals surface area contributed by atoms with E-state index in [2.05, 4.69) is 26.5 Å². The molecule has 124 valence electrons. The molecule has 2 saturated carbocycles. The SMILES string of the molecule is CC(C)(C)c1cc(Br)cc(/C=N/NC(=O)C2CC23CCC3)c1O. The third-order valence-corrected chi connectivity index (χ3v) is 5.60. The molecule has 2 aliphatic rings. The van der Waals surface area contributed by atoms with E-state index in [0.717, 1.165) is 16.5 Å². The van der Waals surface area contributed by atoms with E-state index >= 15 is 0 Å². The number of phenols is 1. The molecule has 1 aromatic rings. The minimum absolute atomic E-state index is 0.00600. The van der Waals surface area contributed by atoms with Gasteiger partial charge in [0.25, 0.3) is 0 Å². The molecule has 4 nitrogen and oxygen atoms in total. The van der Waals surface area contributed by atoms with Crippen molar-refractivity contribution in [3.63, 3.8) is 0 Å². The number of nitrogens with zero attached hydrogens (tertiary/aromatic N) is 1. The smallest absolute Gasteiger partial charge is 0.243 e. The number of carbonyl (C=O) groups excluding carboxylic acids is 1. The van der Waals surface area contributed by atoms with Crippen LogP contribution in [0.5, 0.6) is 5.75 Å². The summed E-state index contributed by atoms with van der Waals surface area (Å²) in [5.74, 6) is 0.349. The molecule has 5 heteroatoms. The third kappa shape index (κ3) is 3.16. The first-order valence-electron chi connectivity index (χ1n) is 8.09. The van der Waals surface area contributed by atoms with Gasteiger partial charge in [-0.1, -0.05) is 43.1 Å². The lowest BCUT2D eigenvalue weighted by atomic mass is 9.80. The molecule has 0 saturated heterocycles. The lowest BCUT2D eigenvalue weighted by molar-refractivity contribution is -0.123. The molecule has 1 aromatic carbocycles. The van der Waals surface area contributed by atoms with E-state index in [9.17, 15) is 9.90 Å². The van der Waals surface area contributed by atoms with Crippen LogP contribution in [0.2, 0.25) is 0 Å². The lowest BCUT2D eigenvalue weighted by Gasteiger charge is -2.25. The molecule has 2 N–H and O–H groups in total. The van der Waals surface area contributed by atoms with Crippen molar-refractivity contribution >= 4 is 28.1 Å². The van der Waals surface area contributed by atoms with E-state index in [1.165, 1.54) is 25.5 Å². The molecule has 2 aliphatic carbocycles. The molecule has 0 radical (unpaired) electrons. The summed E-state index contributed by atoms with van der Waals surface area (Å²) in [5, 5.41) is 14.5. The summed E-state index contributed by atoms with van der Waals surface area (Å²) in [6, 6.07) is 3.71. The molecule has 1 amide bonds. The van der Waals surface area contributed by atoms with E-state index in [0.29, 0.717) is 11.0 Å². The second-order valence-corrected chi connectivity index (χ2v) is 8.76. The standard InChI is InChI=1S/C18H23BrN2O2/c1-17(2,3)13-8-12(19)7-11(15(13)22)10-20-21-16(23)14-9-18(14)5-4-6-18/h7-8,10,14,22H,4-6,9H2,1-3H3,(H,21,23)/b20-10+. The highest BCUT2D eigenvalue weighted by molar-refractivity contribution is 9.10. The van der Waals surface area contributed by atoms with Gasteiger partial charge in [-0.15, -0.1) is 0 Å². The van der Waals surface area contributed by atoms with Crippen LogP contribution in [0.3, 0.4) is 0 Å². The van der Waals surface area contributed by atoms with Crippen molar-refractivity contribution in [2.75, 3.05) is 0 Å². The normalized spacial score (nSPS) is 22.2. The topological polar surface area (TPSA) is 61.7 Å². The highest BCUT2D eigenvalue weighted by Gasteiger charge is 2.60. The molecule has 23 heavy (non-hydrogen) atoms. The number of phenolic OH excluding ortho intramolecular Hbond substituents is 1. The zero-order valence-electron chi connectivity index (χ0n) is 13.8. The number of hydrogen-bond acceptors (Lipinski definition) is 3. The fraction of sp³-hybridized carbons (Fsp3) is 0.556. The van der Waals surface area contributed by atoms with Crippen molar-refractivity contribution in [2.45, 2.75) is 51.9 Å². The number of rotatable bonds is 3. The zero-order chi connectivity index (χ0) is 16.8. The zero-order valence-corrected chi connectivity index (χ0v) is 15.4. The van der Waals surface area contributed by atoms with Crippen LogP contribution in [0.4, 0.5) is 0 Å². The van der Waals surface area contributed by atoms with Gasteiger partial charge in [0, 0.05) is 21.5 Å². The molecule has 2 fully saturated rings. The summed E-state index contributed by atoms with van der Waals surface area (Å²) in [5.41, 5.74) is 4.19. The van der Waals surface area contributed by atoms with Crippen LogP contribution < -0.4 is 5.43 Å². The van der Waals surface area contributed by atoms with Gasteiger partial charge < -0.3 is 5.11 Å². The third-order valence-electron chi connectivity index (χ3n) is 5.15. The van der Waals surface area contributed by atoms with Crippen LogP contribution in [0.15, 0.2) is 21.7 Å². The van der Waals surface area contributed by atoms with Gasteiger partial charge in [0.1, 0.15) is 5.75 Å². The van der Waals surface area contributed by atoms with Crippen LogP contribution in [0, 0.1) is 11.3 Å². The Morgan fingerprint density at radius 1 is 1.43 bits per heavy atom. The van der Waals surface area contributed by atoms with Crippen molar-refractivity contribution in [3.8, 4) is 5.75 Å². The molecule has 1 spiro atoms. The molecule has 3 rings (SSSR count). The van der Waals surface area contributed by atoms with Crippen LogP contribution in [0.1, 0.15) is 57.6 Å². The number of benzene rings is 1. The van der Waals surface area contributed by atoms with E-state index in [1.54, 1.807) is 6.07 Å². The Balaban J connectivity index is 1.70. The number of carbonyl (C=O) groups is 1. The van der Waals surface area contributed by atoms with Crippen LogP contribution in [0.25, 0.3) is 0 Å². The quantitative estimate of drug-likeness (QED) is 0.614. The second-order valence-electron chi connectivity index (χ2n) is 7.85. The first kappa shape index (κ1) is 16.5. The van der Waals surface area contributed by atoms with Gasteiger partial charge in [-0.2, -0.15) is 5.10 Å². The largest absolute Gasteiger partial charge is 0.507 e. The van der Waals surface area contributed by atoms with Crippen molar-refractivity contribution in [2.24, 2.45) is 16.4 Å². The number of aromatic hydroxyl groups is 1. The van der Waals surface area contributed by atoms with Gasteiger partial charge in [0.15, 0.2) is 0 Å². The van der Waals surface area contributed by atoms with Crippen LogP contribution >= 0.6 is 15.9 Å². The highest BCUT2D eigenvalue weighted by Crippen LogP contribution is 2.65. The number of hydrogen-bond donors (Lipinski definition) is 2. The second kappa shape index (κ2) is 5.62. The van der Waals surface area contributed by atoms with Crippen molar-refractivity contribution in [3.05, 3.63) is 27.7 Å². The number of amides is 1. The Labute approximate surface area is 145 Å².